The molecule has 8 nitrogen and oxygen atoms in total. The summed E-state index contributed by atoms with van der Waals surface area (Å²) in [4.78, 5) is 40.6. The zero-order valence-corrected chi connectivity index (χ0v) is 24.3. The molecule has 4 saturated carbocycles. The van der Waals surface area contributed by atoms with E-state index >= 15 is 0 Å². The summed E-state index contributed by atoms with van der Waals surface area (Å²) in [7, 11) is 0. The fourth-order valence-corrected chi connectivity index (χ4v) is 8.46. The standard InChI is InChI=1S/C31H40N4O4S/c1-19(2)23-17-31(23,25(36)28-34-35-29(39-28)40-21-13-7-4-8-14-21)33-27(38)22-15-9-10-16-30(22)18-24(30)32-26(37)20-11-5-3-6-12-20/h3,5-6,11-12,19,21-24H,4,7-10,13-18H2,1-2H3,(H,32,37)(H,33,38)/t22-,23-,24?,30?,31+/m0/s1. The largest absolute Gasteiger partial charge is 0.408 e. The van der Waals surface area contributed by atoms with Crippen LogP contribution in [0.1, 0.15) is 106 Å². The summed E-state index contributed by atoms with van der Waals surface area (Å²) in [6.45, 7) is 4.17. The molecule has 1 heterocycles. The van der Waals surface area contributed by atoms with Crippen LogP contribution in [0, 0.1) is 23.2 Å². The third-order valence-corrected chi connectivity index (χ3v) is 11.0. The first-order valence-electron chi connectivity index (χ1n) is 15.1. The van der Waals surface area contributed by atoms with Gasteiger partial charge < -0.3 is 15.1 Å². The number of hydrogen-bond acceptors (Lipinski definition) is 7. The number of aromatic nitrogens is 2. The lowest BCUT2D eigenvalue weighted by Crippen LogP contribution is -2.51. The molecule has 2 amide bonds. The van der Waals surface area contributed by atoms with E-state index in [1.807, 2.05) is 18.2 Å². The molecule has 2 aromatic rings. The first-order chi connectivity index (χ1) is 19.3. The highest BCUT2D eigenvalue weighted by Crippen LogP contribution is 2.60. The number of amides is 2. The molecule has 1 spiro atoms. The van der Waals surface area contributed by atoms with Crippen molar-refractivity contribution < 1.29 is 18.8 Å². The molecule has 1 aromatic carbocycles. The average molecular weight is 565 g/mol. The summed E-state index contributed by atoms with van der Waals surface area (Å²) in [5.41, 5.74) is -0.613. The van der Waals surface area contributed by atoms with E-state index in [-0.39, 0.29) is 52.7 Å². The van der Waals surface area contributed by atoms with Crippen molar-refractivity contribution in [1.29, 1.82) is 0 Å². The SMILES string of the molecule is CC(C)[C@@H]1C[C@]1(NC(=O)[C@@H]1CCCCC12CC2NC(=O)c1ccccc1)C(=O)c1nnc(SC2CCCCC2)o1. The smallest absolute Gasteiger partial charge is 0.287 e. The second kappa shape index (κ2) is 11.0. The summed E-state index contributed by atoms with van der Waals surface area (Å²) in [6.07, 6.45) is 11.0. The Labute approximate surface area is 240 Å². The number of rotatable bonds is 9. The number of carbonyl (C=O) groups excluding carboxylic acids is 3. The van der Waals surface area contributed by atoms with Crippen LogP contribution in [0.4, 0.5) is 0 Å². The van der Waals surface area contributed by atoms with Gasteiger partial charge in [0.25, 0.3) is 17.0 Å². The van der Waals surface area contributed by atoms with Gasteiger partial charge in [-0.25, -0.2) is 0 Å². The predicted octanol–water partition coefficient (Wildman–Crippen LogP) is 5.59. The van der Waals surface area contributed by atoms with Crippen LogP contribution in [-0.2, 0) is 4.79 Å². The molecule has 2 N–H and O–H groups in total. The van der Waals surface area contributed by atoms with Gasteiger partial charge in [-0.1, -0.05) is 75.9 Å². The second-order valence-corrected chi connectivity index (χ2v) is 14.0. The number of nitrogens with zero attached hydrogens (tertiary/aromatic N) is 2. The van der Waals surface area contributed by atoms with Crippen LogP contribution in [0.25, 0.3) is 0 Å². The Morgan fingerprint density at radius 1 is 0.975 bits per heavy atom. The van der Waals surface area contributed by atoms with Crippen LogP contribution in [0.15, 0.2) is 40.0 Å². The van der Waals surface area contributed by atoms with Gasteiger partial charge in [-0.2, -0.15) is 0 Å². The maximum Gasteiger partial charge on any atom is 0.287 e. The molecule has 4 aliphatic carbocycles. The minimum Gasteiger partial charge on any atom is -0.408 e. The Morgan fingerprint density at radius 3 is 2.45 bits per heavy atom. The average Bonchev–Trinajstić information content (AvgIpc) is 3.80. The summed E-state index contributed by atoms with van der Waals surface area (Å²) in [5.74, 6) is -0.430. The molecule has 5 atom stereocenters. The second-order valence-electron chi connectivity index (χ2n) is 12.7. The van der Waals surface area contributed by atoms with E-state index in [2.05, 4.69) is 34.7 Å². The van der Waals surface area contributed by atoms with Crippen molar-refractivity contribution in [3.8, 4) is 0 Å². The van der Waals surface area contributed by atoms with Crippen molar-refractivity contribution in [2.24, 2.45) is 23.2 Å². The number of benzene rings is 1. The molecule has 0 bridgehead atoms. The minimum atomic E-state index is -0.999. The van der Waals surface area contributed by atoms with E-state index in [1.54, 1.807) is 23.9 Å². The van der Waals surface area contributed by atoms with Gasteiger partial charge in [0.2, 0.25) is 11.7 Å². The van der Waals surface area contributed by atoms with E-state index in [1.165, 1.54) is 19.3 Å². The molecular weight excluding hydrogens is 524 g/mol. The topological polar surface area (TPSA) is 114 Å². The number of carbonyl (C=O) groups is 3. The summed E-state index contributed by atoms with van der Waals surface area (Å²) in [5, 5.41) is 15.6. The van der Waals surface area contributed by atoms with Gasteiger partial charge in [0.15, 0.2) is 0 Å². The minimum absolute atomic E-state index is 0.000426. The molecule has 214 valence electrons. The van der Waals surface area contributed by atoms with Crippen LogP contribution in [0.2, 0.25) is 0 Å². The van der Waals surface area contributed by atoms with Crippen molar-refractivity contribution in [3.05, 3.63) is 41.8 Å². The van der Waals surface area contributed by atoms with Crippen LogP contribution in [0.3, 0.4) is 0 Å². The van der Waals surface area contributed by atoms with Gasteiger partial charge in [0.05, 0.1) is 0 Å². The Kier molecular flexibility index (Phi) is 7.53. The first kappa shape index (κ1) is 27.5. The Hall–Kier alpha value is -2.68. The Balaban J connectivity index is 1.15. The van der Waals surface area contributed by atoms with Gasteiger partial charge in [0.1, 0.15) is 5.54 Å². The molecule has 6 rings (SSSR count). The normalized spacial score (nSPS) is 31.6. The quantitative estimate of drug-likeness (QED) is 0.382. The Morgan fingerprint density at radius 2 is 1.73 bits per heavy atom. The zero-order valence-electron chi connectivity index (χ0n) is 23.5. The number of nitrogens with one attached hydrogen (secondary N) is 2. The van der Waals surface area contributed by atoms with Crippen molar-refractivity contribution >= 4 is 29.4 Å². The van der Waals surface area contributed by atoms with Gasteiger partial charge in [0, 0.05) is 28.2 Å². The lowest BCUT2D eigenvalue weighted by Gasteiger charge is -2.33. The molecule has 4 fully saturated rings. The monoisotopic (exact) mass is 564 g/mol. The van der Waals surface area contributed by atoms with Gasteiger partial charge in [-0.15, -0.1) is 10.2 Å². The summed E-state index contributed by atoms with van der Waals surface area (Å²) >= 11 is 1.57. The van der Waals surface area contributed by atoms with Crippen molar-refractivity contribution in [2.75, 3.05) is 0 Å². The van der Waals surface area contributed by atoms with E-state index in [4.69, 9.17) is 4.42 Å². The lowest BCUT2D eigenvalue weighted by atomic mass is 9.75. The first-order valence-corrected chi connectivity index (χ1v) is 15.9. The lowest BCUT2D eigenvalue weighted by molar-refractivity contribution is -0.129. The third-order valence-electron chi connectivity index (χ3n) is 9.85. The van der Waals surface area contributed by atoms with Gasteiger partial charge in [-0.3, -0.25) is 14.4 Å². The number of hydrogen-bond donors (Lipinski definition) is 2. The fraction of sp³-hybridized carbons (Fsp3) is 0.645. The van der Waals surface area contributed by atoms with Crippen molar-refractivity contribution in [1.82, 2.24) is 20.8 Å². The highest BCUT2D eigenvalue weighted by molar-refractivity contribution is 7.99. The molecule has 0 saturated heterocycles. The summed E-state index contributed by atoms with van der Waals surface area (Å²) < 4.78 is 5.88. The molecular formula is C31H40N4O4S. The maximum atomic E-state index is 13.9. The van der Waals surface area contributed by atoms with Crippen LogP contribution >= 0.6 is 11.8 Å². The van der Waals surface area contributed by atoms with Gasteiger partial charge in [-0.05, 0) is 62.5 Å². The highest BCUT2D eigenvalue weighted by atomic mass is 32.2. The van der Waals surface area contributed by atoms with Crippen molar-refractivity contribution in [2.45, 2.75) is 107 Å². The number of thioether (sulfide) groups is 1. The van der Waals surface area contributed by atoms with E-state index in [0.717, 1.165) is 44.9 Å². The highest BCUT2D eigenvalue weighted by Gasteiger charge is 2.66. The van der Waals surface area contributed by atoms with Crippen LogP contribution in [-0.4, -0.2) is 44.6 Å². The van der Waals surface area contributed by atoms with Crippen LogP contribution in [0.5, 0.6) is 0 Å². The van der Waals surface area contributed by atoms with Crippen molar-refractivity contribution in [3.63, 3.8) is 0 Å². The number of ketones is 1. The molecule has 2 unspecified atom stereocenters. The third kappa shape index (κ3) is 5.21. The molecule has 9 heteroatoms. The molecule has 0 radical (unpaired) electrons. The Bertz CT molecular complexity index is 1260. The maximum absolute atomic E-state index is 13.9. The van der Waals surface area contributed by atoms with E-state index in [9.17, 15) is 14.4 Å². The molecule has 0 aliphatic heterocycles. The number of Topliss-reactive ketones (excluding diaryl/α,β-unsaturated/α-hetero) is 1. The van der Waals surface area contributed by atoms with E-state index in [0.29, 0.717) is 22.5 Å². The van der Waals surface area contributed by atoms with E-state index < -0.39 is 5.54 Å². The van der Waals surface area contributed by atoms with Crippen LogP contribution < -0.4 is 10.6 Å². The molecule has 1 aromatic heterocycles. The predicted molar refractivity (Wildman–Crippen MR) is 152 cm³/mol. The summed E-state index contributed by atoms with van der Waals surface area (Å²) in [6, 6.07) is 9.18. The molecule has 4 aliphatic rings. The zero-order chi connectivity index (χ0) is 27.9. The molecule has 40 heavy (non-hydrogen) atoms. The van der Waals surface area contributed by atoms with Gasteiger partial charge >= 0.3 is 0 Å². The fourth-order valence-electron chi connectivity index (χ4n) is 7.39.